The molecule has 0 bridgehead atoms. The zero-order valence-corrected chi connectivity index (χ0v) is 9.53. The Bertz CT molecular complexity index is 354. The van der Waals surface area contributed by atoms with Crippen molar-refractivity contribution in [2.75, 3.05) is 18.6 Å². The van der Waals surface area contributed by atoms with Gasteiger partial charge < -0.3 is 10.0 Å². The van der Waals surface area contributed by atoms with Gasteiger partial charge in [0.05, 0.1) is 17.3 Å². The number of hydrogen-bond donors (Lipinski definition) is 1. The van der Waals surface area contributed by atoms with Crippen LogP contribution in [0.15, 0.2) is 18.2 Å². The fourth-order valence-electron chi connectivity index (χ4n) is 1.24. The maximum absolute atomic E-state index is 10.5. The number of hydrogen-bond acceptors (Lipinski definition) is 3. The molecule has 0 fully saturated rings. The molecule has 4 heteroatoms. The third-order valence-corrected chi connectivity index (χ3v) is 2.72. The monoisotopic (exact) mass is 227 g/mol. The van der Waals surface area contributed by atoms with E-state index in [1.165, 1.54) is 0 Å². The number of rotatable bonds is 4. The van der Waals surface area contributed by atoms with Crippen LogP contribution >= 0.6 is 11.6 Å². The number of aliphatic hydroxyl groups is 1. The third-order valence-electron chi connectivity index (χ3n) is 2.41. The van der Waals surface area contributed by atoms with Crippen molar-refractivity contribution in [1.29, 1.82) is 0 Å². The lowest BCUT2D eigenvalue weighted by atomic mass is 10.2. The minimum atomic E-state index is -0.00965. The molecule has 1 atom stereocenters. The summed E-state index contributed by atoms with van der Waals surface area (Å²) in [5, 5.41) is 9.53. The Hall–Kier alpha value is -1.06. The number of carbonyl (C=O) groups is 1. The number of likely N-dealkylation sites (N-methyl/N-ethyl adjacent to an activating group) is 1. The van der Waals surface area contributed by atoms with E-state index in [2.05, 4.69) is 0 Å². The number of anilines is 1. The normalized spacial score (nSPS) is 12.3. The molecule has 0 spiro atoms. The van der Waals surface area contributed by atoms with Crippen molar-refractivity contribution < 1.29 is 9.90 Å². The lowest BCUT2D eigenvalue weighted by Crippen LogP contribution is -2.31. The molecule has 1 aromatic carbocycles. The lowest BCUT2D eigenvalue weighted by molar-refractivity contribution is 0.112. The number of carbonyl (C=O) groups excluding carboxylic acids is 1. The minimum Gasteiger partial charge on any atom is -0.394 e. The second-order valence-corrected chi connectivity index (χ2v) is 3.88. The number of aldehydes is 1. The SMILES string of the molecule is CC(CO)N(C)c1ccc(C=O)cc1Cl. The van der Waals surface area contributed by atoms with Crippen molar-refractivity contribution in [2.45, 2.75) is 13.0 Å². The molecule has 0 heterocycles. The molecule has 0 aliphatic carbocycles. The predicted molar refractivity (Wildman–Crippen MR) is 61.8 cm³/mol. The van der Waals surface area contributed by atoms with Crippen molar-refractivity contribution in [1.82, 2.24) is 0 Å². The van der Waals surface area contributed by atoms with Gasteiger partial charge in [-0.25, -0.2) is 0 Å². The van der Waals surface area contributed by atoms with Gasteiger partial charge in [-0.3, -0.25) is 4.79 Å². The summed E-state index contributed by atoms with van der Waals surface area (Å²) in [5.41, 5.74) is 1.36. The van der Waals surface area contributed by atoms with E-state index in [1.54, 1.807) is 18.2 Å². The molecule has 3 nitrogen and oxygen atoms in total. The van der Waals surface area contributed by atoms with Gasteiger partial charge in [-0.15, -0.1) is 0 Å². The van der Waals surface area contributed by atoms with E-state index in [0.717, 1.165) is 12.0 Å². The van der Waals surface area contributed by atoms with Crippen LogP contribution in [-0.2, 0) is 0 Å². The lowest BCUT2D eigenvalue weighted by Gasteiger charge is -2.26. The first-order valence-corrected chi connectivity index (χ1v) is 5.06. The second-order valence-electron chi connectivity index (χ2n) is 3.47. The van der Waals surface area contributed by atoms with Crippen LogP contribution in [0.4, 0.5) is 5.69 Å². The van der Waals surface area contributed by atoms with Crippen LogP contribution in [0.1, 0.15) is 17.3 Å². The first-order valence-electron chi connectivity index (χ1n) is 4.68. The number of benzene rings is 1. The molecule has 1 aromatic rings. The van der Waals surface area contributed by atoms with Crippen LogP contribution in [0.5, 0.6) is 0 Å². The highest BCUT2D eigenvalue weighted by Gasteiger charge is 2.12. The maximum atomic E-state index is 10.5. The van der Waals surface area contributed by atoms with Gasteiger partial charge in [0.15, 0.2) is 0 Å². The molecular weight excluding hydrogens is 214 g/mol. The van der Waals surface area contributed by atoms with Gasteiger partial charge in [0.2, 0.25) is 0 Å². The number of aliphatic hydroxyl groups excluding tert-OH is 1. The molecule has 0 radical (unpaired) electrons. The molecule has 0 aliphatic rings. The Morgan fingerprint density at radius 1 is 1.60 bits per heavy atom. The van der Waals surface area contributed by atoms with Crippen molar-refractivity contribution in [3.63, 3.8) is 0 Å². The van der Waals surface area contributed by atoms with Crippen LogP contribution in [-0.4, -0.2) is 31.1 Å². The van der Waals surface area contributed by atoms with Crippen LogP contribution in [0.25, 0.3) is 0 Å². The zero-order valence-electron chi connectivity index (χ0n) is 8.77. The highest BCUT2D eigenvalue weighted by atomic mass is 35.5. The Kier molecular flexibility index (Phi) is 4.12. The largest absolute Gasteiger partial charge is 0.394 e. The van der Waals surface area contributed by atoms with E-state index in [4.69, 9.17) is 16.7 Å². The van der Waals surface area contributed by atoms with E-state index in [-0.39, 0.29) is 12.6 Å². The summed E-state index contributed by atoms with van der Waals surface area (Å²) in [4.78, 5) is 12.4. The third kappa shape index (κ3) is 2.70. The molecule has 82 valence electrons. The summed E-state index contributed by atoms with van der Waals surface area (Å²) in [6.07, 6.45) is 0.755. The molecule has 1 N–H and O–H groups in total. The first-order chi connectivity index (χ1) is 7.10. The van der Waals surface area contributed by atoms with E-state index < -0.39 is 0 Å². The van der Waals surface area contributed by atoms with Crippen LogP contribution in [0, 0.1) is 0 Å². The van der Waals surface area contributed by atoms with Gasteiger partial charge in [0, 0.05) is 18.7 Å². The summed E-state index contributed by atoms with van der Waals surface area (Å²) >= 11 is 6.02. The number of halogens is 1. The molecule has 1 rings (SSSR count). The number of nitrogens with zero attached hydrogens (tertiary/aromatic N) is 1. The summed E-state index contributed by atoms with van der Waals surface area (Å²) in [7, 11) is 1.85. The van der Waals surface area contributed by atoms with E-state index in [0.29, 0.717) is 10.6 Å². The molecule has 0 aliphatic heterocycles. The Balaban J connectivity index is 2.99. The Labute approximate surface area is 94.3 Å². The predicted octanol–water partition coefficient (Wildman–Crippen LogP) is 1.97. The first kappa shape index (κ1) is 12.0. The fraction of sp³-hybridized carbons (Fsp3) is 0.364. The molecular formula is C11H14ClNO2. The fourth-order valence-corrected chi connectivity index (χ4v) is 1.56. The van der Waals surface area contributed by atoms with Crippen molar-refractivity contribution in [2.24, 2.45) is 0 Å². The van der Waals surface area contributed by atoms with Gasteiger partial charge >= 0.3 is 0 Å². The quantitative estimate of drug-likeness (QED) is 0.800. The summed E-state index contributed by atoms with van der Waals surface area (Å²) < 4.78 is 0. The van der Waals surface area contributed by atoms with E-state index >= 15 is 0 Å². The summed E-state index contributed by atoms with van der Waals surface area (Å²) in [6, 6.07) is 5.09. The van der Waals surface area contributed by atoms with Gasteiger partial charge in [-0.1, -0.05) is 11.6 Å². The van der Waals surface area contributed by atoms with Crippen LogP contribution < -0.4 is 4.90 Å². The van der Waals surface area contributed by atoms with Crippen molar-refractivity contribution in [3.05, 3.63) is 28.8 Å². The molecule has 0 amide bonds. The van der Waals surface area contributed by atoms with Crippen molar-refractivity contribution in [3.8, 4) is 0 Å². The minimum absolute atomic E-state index is 0.00965. The van der Waals surface area contributed by atoms with Crippen molar-refractivity contribution >= 4 is 23.6 Å². The maximum Gasteiger partial charge on any atom is 0.150 e. The highest BCUT2D eigenvalue weighted by molar-refractivity contribution is 6.33. The standard InChI is InChI=1S/C11H14ClNO2/c1-8(6-14)13(2)11-4-3-9(7-15)5-10(11)12/h3-5,7-8,14H,6H2,1-2H3. The molecule has 1 unspecified atom stereocenters. The average Bonchev–Trinajstić information content (AvgIpc) is 2.26. The molecule has 15 heavy (non-hydrogen) atoms. The smallest absolute Gasteiger partial charge is 0.150 e. The van der Waals surface area contributed by atoms with Gasteiger partial charge in [-0.05, 0) is 25.1 Å². The Morgan fingerprint density at radius 2 is 2.27 bits per heavy atom. The van der Waals surface area contributed by atoms with E-state index in [9.17, 15) is 4.79 Å². The zero-order chi connectivity index (χ0) is 11.4. The van der Waals surface area contributed by atoms with Gasteiger partial charge in [0.25, 0.3) is 0 Å². The van der Waals surface area contributed by atoms with Gasteiger partial charge in [0.1, 0.15) is 6.29 Å². The van der Waals surface area contributed by atoms with E-state index in [1.807, 2.05) is 18.9 Å². The van der Waals surface area contributed by atoms with Crippen LogP contribution in [0.2, 0.25) is 5.02 Å². The molecule has 0 aromatic heterocycles. The average molecular weight is 228 g/mol. The Morgan fingerprint density at radius 3 is 2.73 bits per heavy atom. The summed E-state index contributed by atoms with van der Waals surface area (Å²) in [5.74, 6) is 0. The summed E-state index contributed by atoms with van der Waals surface area (Å²) in [6.45, 7) is 1.95. The topological polar surface area (TPSA) is 40.5 Å². The van der Waals surface area contributed by atoms with Crippen LogP contribution in [0.3, 0.4) is 0 Å². The highest BCUT2D eigenvalue weighted by Crippen LogP contribution is 2.26. The molecule has 0 saturated carbocycles. The molecule has 0 saturated heterocycles. The second kappa shape index (κ2) is 5.14. The van der Waals surface area contributed by atoms with Gasteiger partial charge in [-0.2, -0.15) is 0 Å².